The van der Waals surface area contributed by atoms with Gasteiger partial charge in [0.2, 0.25) is 0 Å². The summed E-state index contributed by atoms with van der Waals surface area (Å²) < 4.78 is 10.3. The van der Waals surface area contributed by atoms with Gasteiger partial charge in [-0.15, -0.1) is 0 Å². The van der Waals surface area contributed by atoms with Crippen molar-refractivity contribution in [1.82, 2.24) is 4.90 Å². The summed E-state index contributed by atoms with van der Waals surface area (Å²) in [4.78, 5) is 24.9. The molecule has 102 valence electrons. The summed E-state index contributed by atoms with van der Waals surface area (Å²) in [5, 5.41) is 0. The van der Waals surface area contributed by atoms with Crippen molar-refractivity contribution in [2.24, 2.45) is 0 Å². The van der Waals surface area contributed by atoms with Gasteiger partial charge in [0.05, 0.1) is 0 Å². The first-order valence-electron chi connectivity index (χ1n) is 6.25. The van der Waals surface area contributed by atoms with Crippen LogP contribution in [0.1, 0.15) is 18.4 Å². The highest BCUT2D eigenvalue weighted by Crippen LogP contribution is 2.16. The van der Waals surface area contributed by atoms with Gasteiger partial charge in [0.1, 0.15) is 6.61 Å². The Kier molecular flexibility index (Phi) is 4.52. The van der Waals surface area contributed by atoms with Crippen LogP contribution in [0.5, 0.6) is 0 Å². The highest BCUT2D eigenvalue weighted by Gasteiger charge is 2.33. The molecule has 1 fully saturated rings. The van der Waals surface area contributed by atoms with Crippen molar-refractivity contribution in [3.05, 3.63) is 35.9 Å². The number of benzene rings is 1. The standard InChI is InChI=1S/C14H17NO4/c1-18-13-12(16)8-5-9-15(13)14(17)19-10-11-6-3-2-4-7-11/h2-4,6-7,13H,5,8-10H2,1H3. The average molecular weight is 263 g/mol. The molecular formula is C14H17NO4. The lowest BCUT2D eigenvalue weighted by Gasteiger charge is -2.32. The summed E-state index contributed by atoms with van der Waals surface area (Å²) >= 11 is 0. The van der Waals surface area contributed by atoms with Crippen molar-refractivity contribution < 1.29 is 19.1 Å². The molecule has 0 spiro atoms. The monoisotopic (exact) mass is 263 g/mol. The third-order valence-corrected chi connectivity index (χ3v) is 3.04. The molecule has 1 saturated heterocycles. The Bertz CT molecular complexity index is 446. The lowest BCUT2D eigenvalue weighted by molar-refractivity contribution is -0.143. The average Bonchev–Trinajstić information content (AvgIpc) is 2.45. The first-order chi connectivity index (χ1) is 9.22. The second-order valence-corrected chi connectivity index (χ2v) is 4.39. The molecule has 1 aliphatic heterocycles. The van der Waals surface area contributed by atoms with E-state index in [1.807, 2.05) is 30.3 Å². The van der Waals surface area contributed by atoms with Crippen LogP contribution in [0.3, 0.4) is 0 Å². The Morgan fingerprint density at radius 3 is 2.79 bits per heavy atom. The van der Waals surface area contributed by atoms with Crippen LogP contribution in [-0.2, 0) is 20.9 Å². The molecule has 1 amide bonds. The zero-order valence-corrected chi connectivity index (χ0v) is 10.9. The number of amides is 1. The van der Waals surface area contributed by atoms with E-state index in [-0.39, 0.29) is 12.4 Å². The fourth-order valence-corrected chi connectivity index (χ4v) is 2.09. The molecule has 0 radical (unpaired) electrons. The van der Waals surface area contributed by atoms with Crippen molar-refractivity contribution in [3.8, 4) is 0 Å². The first-order valence-corrected chi connectivity index (χ1v) is 6.25. The second-order valence-electron chi connectivity index (χ2n) is 4.39. The predicted molar refractivity (Wildman–Crippen MR) is 68.4 cm³/mol. The van der Waals surface area contributed by atoms with E-state index >= 15 is 0 Å². The lowest BCUT2D eigenvalue weighted by atomic mass is 10.1. The van der Waals surface area contributed by atoms with E-state index in [2.05, 4.69) is 0 Å². The Hall–Kier alpha value is -1.88. The van der Waals surface area contributed by atoms with Gasteiger partial charge in [-0.2, -0.15) is 0 Å². The molecule has 1 heterocycles. The topological polar surface area (TPSA) is 55.8 Å². The van der Waals surface area contributed by atoms with E-state index < -0.39 is 12.3 Å². The van der Waals surface area contributed by atoms with Gasteiger partial charge < -0.3 is 9.47 Å². The highest BCUT2D eigenvalue weighted by molar-refractivity contribution is 5.87. The van der Waals surface area contributed by atoms with Gasteiger partial charge in [-0.1, -0.05) is 30.3 Å². The van der Waals surface area contributed by atoms with Crippen LogP contribution in [0, 0.1) is 0 Å². The van der Waals surface area contributed by atoms with E-state index in [0.29, 0.717) is 19.4 Å². The van der Waals surface area contributed by atoms with E-state index in [9.17, 15) is 9.59 Å². The largest absolute Gasteiger partial charge is 0.444 e. The summed E-state index contributed by atoms with van der Waals surface area (Å²) in [5.41, 5.74) is 0.910. The SMILES string of the molecule is COC1C(=O)CCCN1C(=O)OCc1ccccc1. The van der Waals surface area contributed by atoms with E-state index in [4.69, 9.17) is 9.47 Å². The van der Waals surface area contributed by atoms with Gasteiger partial charge in [-0.05, 0) is 12.0 Å². The molecule has 0 aromatic heterocycles. The summed E-state index contributed by atoms with van der Waals surface area (Å²) in [6, 6.07) is 9.41. The maximum atomic E-state index is 12.0. The third kappa shape index (κ3) is 3.32. The number of methoxy groups -OCH3 is 1. The van der Waals surface area contributed by atoms with Crippen LogP contribution >= 0.6 is 0 Å². The molecule has 0 N–H and O–H groups in total. The molecule has 0 saturated carbocycles. The van der Waals surface area contributed by atoms with Gasteiger partial charge in [-0.25, -0.2) is 4.79 Å². The minimum atomic E-state index is -0.808. The Morgan fingerprint density at radius 1 is 1.37 bits per heavy atom. The normalized spacial score (nSPS) is 19.3. The molecule has 1 aromatic carbocycles. The number of Topliss-reactive ketones (excluding diaryl/α,β-unsaturated/α-hetero) is 1. The van der Waals surface area contributed by atoms with Crippen LogP contribution in [0.25, 0.3) is 0 Å². The maximum absolute atomic E-state index is 12.0. The minimum Gasteiger partial charge on any atom is -0.444 e. The van der Waals surface area contributed by atoms with Crippen LogP contribution in [-0.4, -0.2) is 36.7 Å². The van der Waals surface area contributed by atoms with Crippen LogP contribution in [0.2, 0.25) is 0 Å². The van der Waals surface area contributed by atoms with Gasteiger partial charge in [0.15, 0.2) is 12.0 Å². The third-order valence-electron chi connectivity index (χ3n) is 3.04. The number of likely N-dealkylation sites (tertiary alicyclic amines) is 1. The zero-order valence-electron chi connectivity index (χ0n) is 10.9. The smallest absolute Gasteiger partial charge is 0.412 e. The van der Waals surface area contributed by atoms with Crippen molar-refractivity contribution in [1.29, 1.82) is 0 Å². The van der Waals surface area contributed by atoms with Crippen molar-refractivity contribution in [3.63, 3.8) is 0 Å². The summed E-state index contributed by atoms with van der Waals surface area (Å²) in [5.74, 6) is -0.0783. The molecule has 0 aliphatic carbocycles. The summed E-state index contributed by atoms with van der Waals surface area (Å²) in [6.45, 7) is 0.679. The van der Waals surface area contributed by atoms with Gasteiger partial charge in [0, 0.05) is 20.1 Å². The molecule has 5 nitrogen and oxygen atoms in total. The quantitative estimate of drug-likeness (QED) is 0.836. The zero-order chi connectivity index (χ0) is 13.7. The maximum Gasteiger partial charge on any atom is 0.412 e. The number of ketones is 1. The fourth-order valence-electron chi connectivity index (χ4n) is 2.09. The number of ether oxygens (including phenoxy) is 2. The number of hydrogen-bond donors (Lipinski definition) is 0. The first kappa shape index (κ1) is 13.5. The molecule has 5 heteroatoms. The van der Waals surface area contributed by atoms with E-state index in [0.717, 1.165) is 5.56 Å². The predicted octanol–water partition coefficient (Wildman–Crippen LogP) is 1.96. The Labute approximate surface area is 112 Å². The van der Waals surface area contributed by atoms with Crippen molar-refractivity contribution in [2.45, 2.75) is 25.7 Å². The van der Waals surface area contributed by atoms with Gasteiger partial charge >= 0.3 is 6.09 Å². The van der Waals surface area contributed by atoms with Crippen LogP contribution in [0.4, 0.5) is 4.79 Å². The van der Waals surface area contributed by atoms with Gasteiger partial charge in [-0.3, -0.25) is 9.69 Å². The number of piperidine rings is 1. The Morgan fingerprint density at radius 2 is 2.11 bits per heavy atom. The van der Waals surface area contributed by atoms with Gasteiger partial charge in [0.25, 0.3) is 0 Å². The summed E-state index contributed by atoms with van der Waals surface area (Å²) in [7, 11) is 1.42. The molecule has 1 aromatic rings. The van der Waals surface area contributed by atoms with Crippen LogP contribution in [0.15, 0.2) is 30.3 Å². The number of carbonyl (C=O) groups excluding carboxylic acids is 2. The number of hydrogen-bond acceptors (Lipinski definition) is 4. The lowest BCUT2D eigenvalue weighted by Crippen LogP contribution is -2.50. The number of rotatable bonds is 3. The van der Waals surface area contributed by atoms with Crippen LogP contribution < -0.4 is 0 Å². The number of carbonyl (C=O) groups is 2. The molecular weight excluding hydrogens is 246 g/mol. The molecule has 0 bridgehead atoms. The molecule has 2 rings (SSSR count). The van der Waals surface area contributed by atoms with Crippen molar-refractivity contribution in [2.75, 3.05) is 13.7 Å². The molecule has 1 aliphatic rings. The number of nitrogens with zero attached hydrogens (tertiary/aromatic N) is 1. The van der Waals surface area contributed by atoms with E-state index in [1.54, 1.807) is 0 Å². The van der Waals surface area contributed by atoms with Crippen molar-refractivity contribution >= 4 is 11.9 Å². The Balaban J connectivity index is 1.93. The fraction of sp³-hybridized carbons (Fsp3) is 0.429. The second kappa shape index (κ2) is 6.33. The highest BCUT2D eigenvalue weighted by atomic mass is 16.6. The minimum absolute atomic E-state index is 0.0783. The summed E-state index contributed by atoms with van der Waals surface area (Å²) in [6.07, 6.45) is -0.221. The molecule has 19 heavy (non-hydrogen) atoms. The molecule has 1 unspecified atom stereocenters. The van der Waals surface area contributed by atoms with E-state index in [1.165, 1.54) is 12.0 Å². The molecule has 1 atom stereocenters.